The summed E-state index contributed by atoms with van der Waals surface area (Å²) < 4.78 is 5.36. The van der Waals surface area contributed by atoms with Gasteiger partial charge in [0.15, 0.2) is 0 Å². The summed E-state index contributed by atoms with van der Waals surface area (Å²) in [7, 11) is 1.62. The van der Waals surface area contributed by atoms with E-state index in [1.165, 1.54) is 11.3 Å². The SMILES string of the molecule is COc1ccc(C)cc1NC(=O)[C@H](C)N1CCN(c2cccc(C)c2)CC1. The minimum atomic E-state index is -0.185. The van der Waals surface area contributed by atoms with Crippen LogP contribution in [0.4, 0.5) is 11.4 Å². The molecule has 0 radical (unpaired) electrons. The van der Waals surface area contributed by atoms with Crippen molar-refractivity contribution in [3.05, 3.63) is 53.6 Å². The predicted octanol–water partition coefficient (Wildman–Crippen LogP) is 3.46. The lowest BCUT2D eigenvalue weighted by molar-refractivity contribution is -0.120. The lowest BCUT2D eigenvalue weighted by Crippen LogP contribution is -2.52. The Bertz CT molecular complexity index is 798. The van der Waals surface area contributed by atoms with Crippen LogP contribution in [0, 0.1) is 13.8 Å². The van der Waals surface area contributed by atoms with E-state index in [9.17, 15) is 4.79 Å². The number of hydrogen-bond acceptors (Lipinski definition) is 4. The summed E-state index contributed by atoms with van der Waals surface area (Å²) in [5.41, 5.74) is 4.35. The molecule has 0 saturated carbocycles. The molecule has 0 aromatic heterocycles. The maximum Gasteiger partial charge on any atom is 0.241 e. The summed E-state index contributed by atoms with van der Waals surface area (Å²) in [5.74, 6) is 0.688. The second kappa shape index (κ2) is 8.44. The third-order valence-corrected chi connectivity index (χ3v) is 5.22. The molecule has 5 nitrogen and oxygen atoms in total. The fraction of sp³-hybridized carbons (Fsp3) is 0.409. The van der Waals surface area contributed by atoms with E-state index >= 15 is 0 Å². The van der Waals surface area contributed by atoms with E-state index in [0.717, 1.165) is 37.4 Å². The van der Waals surface area contributed by atoms with E-state index in [2.05, 4.69) is 46.3 Å². The number of carbonyl (C=O) groups is 1. The Kier molecular flexibility index (Phi) is 6.01. The molecule has 0 spiro atoms. The number of benzene rings is 2. The number of hydrogen-bond donors (Lipinski definition) is 1. The molecule has 0 aliphatic carbocycles. The molecule has 1 N–H and O–H groups in total. The molecule has 1 atom stereocenters. The Labute approximate surface area is 161 Å². The van der Waals surface area contributed by atoms with E-state index < -0.39 is 0 Å². The number of rotatable bonds is 5. The van der Waals surface area contributed by atoms with Gasteiger partial charge in [-0.15, -0.1) is 0 Å². The molecule has 1 saturated heterocycles. The van der Waals surface area contributed by atoms with Gasteiger partial charge in [-0.25, -0.2) is 0 Å². The average molecular weight is 367 g/mol. The highest BCUT2D eigenvalue weighted by Crippen LogP contribution is 2.26. The fourth-order valence-electron chi connectivity index (χ4n) is 3.51. The van der Waals surface area contributed by atoms with Gasteiger partial charge in [-0.3, -0.25) is 9.69 Å². The topological polar surface area (TPSA) is 44.8 Å². The number of amides is 1. The summed E-state index contributed by atoms with van der Waals surface area (Å²) in [6, 6.07) is 14.2. The fourth-order valence-corrected chi connectivity index (χ4v) is 3.51. The Morgan fingerprint density at radius 1 is 1.04 bits per heavy atom. The van der Waals surface area contributed by atoms with Gasteiger partial charge < -0.3 is 15.0 Å². The predicted molar refractivity (Wildman–Crippen MR) is 111 cm³/mol. The number of ether oxygens (including phenoxy) is 1. The first-order valence-electron chi connectivity index (χ1n) is 9.49. The number of methoxy groups -OCH3 is 1. The van der Waals surface area contributed by atoms with Gasteiger partial charge in [-0.1, -0.05) is 18.2 Å². The Morgan fingerprint density at radius 2 is 1.74 bits per heavy atom. The van der Waals surface area contributed by atoms with Crippen LogP contribution in [0.25, 0.3) is 0 Å². The van der Waals surface area contributed by atoms with Crippen LogP contribution in [0.1, 0.15) is 18.1 Å². The molecule has 2 aromatic carbocycles. The minimum Gasteiger partial charge on any atom is -0.495 e. The highest BCUT2D eigenvalue weighted by molar-refractivity contribution is 5.96. The molecular formula is C22H29N3O2. The third kappa shape index (κ3) is 4.61. The summed E-state index contributed by atoms with van der Waals surface area (Å²) in [6.07, 6.45) is 0. The smallest absolute Gasteiger partial charge is 0.241 e. The second-order valence-electron chi connectivity index (χ2n) is 7.23. The third-order valence-electron chi connectivity index (χ3n) is 5.22. The van der Waals surface area contributed by atoms with Crippen molar-refractivity contribution in [2.75, 3.05) is 43.5 Å². The lowest BCUT2D eigenvalue weighted by atomic mass is 10.1. The number of aryl methyl sites for hydroxylation is 2. The van der Waals surface area contributed by atoms with Crippen molar-refractivity contribution in [1.82, 2.24) is 4.90 Å². The summed E-state index contributed by atoms with van der Waals surface area (Å²) in [6.45, 7) is 9.68. The Balaban J connectivity index is 1.59. The molecule has 5 heteroatoms. The summed E-state index contributed by atoms with van der Waals surface area (Å²) >= 11 is 0. The van der Waals surface area contributed by atoms with Gasteiger partial charge in [0.25, 0.3) is 0 Å². The zero-order chi connectivity index (χ0) is 19.4. The number of nitrogens with zero attached hydrogens (tertiary/aromatic N) is 2. The van der Waals surface area contributed by atoms with Crippen molar-refractivity contribution >= 4 is 17.3 Å². The van der Waals surface area contributed by atoms with Crippen molar-refractivity contribution in [2.24, 2.45) is 0 Å². The van der Waals surface area contributed by atoms with Crippen LogP contribution in [-0.4, -0.2) is 50.1 Å². The summed E-state index contributed by atoms with van der Waals surface area (Å²) in [4.78, 5) is 17.4. The number of anilines is 2. The van der Waals surface area contributed by atoms with Crippen LogP contribution in [0.2, 0.25) is 0 Å². The maximum absolute atomic E-state index is 12.8. The average Bonchev–Trinajstić information content (AvgIpc) is 2.67. The van der Waals surface area contributed by atoms with Crippen LogP contribution >= 0.6 is 0 Å². The molecule has 3 rings (SSSR count). The molecule has 1 aliphatic heterocycles. The van der Waals surface area contributed by atoms with E-state index in [4.69, 9.17) is 4.74 Å². The van der Waals surface area contributed by atoms with Crippen molar-refractivity contribution in [3.63, 3.8) is 0 Å². The number of carbonyl (C=O) groups excluding carboxylic acids is 1. The number of piperazine rings is 1. The largest absolute Gasteiger partial charge is 0.495 e. The van der Waals surface area contributed by atoms with Crippen molar-refractivity contribution in [2.45, 2.75) is 26.8 Å². The summed E-state index contributed by atoms with van der Waals surface area (Å²) in [5, 5.41) is 3.03. The molecule has 1 aliphatic rings. The molecule has 0 bridgehead atoms. The van der Waals surface area contributed by atoms with Gasteiger partial charge in [-0.05, 0) is 56.2 Å². The highest BCUT2D eigenvalue weighted by Gasteiger charge is 2.26. The normalized spacial score (nSPS) is 16.1. The van der Waals surface area contributed by atoms with Crippen molar-refractivity contribution < 1.29 is 9.53 Å². The highest BCUT2D eigenvalue weighted by atomic mass is 16.5. The van der Waals surface area contributed by atoms with Crippen molar-refractivity contribution in [1.29, 1.82) is 0 Å². The van der Waals surface area contributed by atoms with Crippen LogP contribution in [0.5, 0.6) is 5.75 Å². The standard InChI is InChI=1S/C22H29N3O2/c1-16-6-5-7-19(14-16)25-12-10-24(11-13-25)18(3)22(26)23-20-15-17(2)8-9-21(20)27-4/h5-9,14-15,18H,10-13H2,1-4H3,(H,23,26)/t18-/m0/s1. The van der Waals surface area contributed by atoms with E-state index in [0.29, 0.717) is 5.75 Å². The molecule has 1 amide bonds. The van der Waals surface area contributed by atoms with Crippen LogP contribution < -0.4 is 15.0 Å². The van der Waals surface area contributed by atoms with Gasteiger partial charge >= 0.3 is 0 Å². The zero-order valence-corrected chi connectivity index (χ0v) is 16.7. The monoisotopic (exact) mass is 367 g/mol. The Morgan fingerprint density at radius 3 is 2.41 bits per heavy atom. The molecule has 2 aromatic rings. The second-order valence-corrected chi connectivity index (χ2v) is 7.23. The van der Waals surface area contributed by atoms with Gasteiger partial charge in [-0.2, -0.15) is 0 Å². The van der Waals surface area contributed by atoms with E-state index in [-0.39, 0.29) is 11.9 Å². The number of nitrogens with one attached hydrogen (secondary N) is 1. The first-order valence-corrected chi connectivity index (χ1v) is 9.49. The van der Waals surface area contributed by atoms with Gasteiger partial charge in [0.05, 0.1) is 18.8 Å². The zero-order valence-electron chi connectivity index (χ0n) is 16.7. The lowest BCUT2D eigenvalue weighted by Gasteiger charge is -2.38. The molecule has 1 fully saturated rings. The molecule has 0 unspecified atom stereocenters. The van der Waals surface area contributed by atoms with Gasteiger partial charge in [0.2, 0.25) is 5.91 Å². The van der Waals surface area contributed by atoms with Gasteiger partial charge in [0, 0.05) is 31.9 Å². The first kappa shape index (κ1) is 19.2. The minimum absolute atomic E-state index is 0.00269. The van der Waals surface area contributed by atoms with Crippen molar-refractivity contribution in [3.8, 4) is 5.75 Å². The van der Waals surface area contributed by atoms with Gasteiger partial charge in [0.1, 0.15) is 5.75 Å². The molecule has 144 valence electrons. The van der Waals surface area contributed by atoms with E-state index in [1.54, 1.807) is 7.11 Å². The Hall–Kier alpha value is -2.53. The van der Waals surface area contributed by atoms with E-state index in [1.807, 2.05) is 32.0 Å². The molecular weight excluding hydrogens is 338 g/mol. The van der Waals surface area contributed by atoms with Crippen LogP contribution in [-0.2, 0) is 4.79 Å². The molecule has 1 heterocycles. The first-order chi connectivity index (χ1) is 13.0. The van der Waals surface area contributed by atoms with Crippen LogP contribution in [0.3, 0.4) is 0 Å². The molecule has 27 heavy (non-hydrogen) atoms. The van der Waals surface area contributed by atoms with Crippen LogP contribution in [0.15, 0.2) is 42.5 Å². The quantitative estimate of drug-likeness (QED) is 0.879. The maximum atomic E-state index is 12.8.